The van der Waals surface area contributed by atoms with Crippen molar-refractivity contribution < 1.29 is 0 Å². The summed E-state index contributed by atoms with van der Waals surface area (Å²) in [6, 6.07) is 52.9. The molecule has 0 atom stereocenters. The number of benzene rings is 7. The van der Waals surface area contributed by atoms with Crippen molar-refractivity contribution in [3.8, 4) is 68.7 Å². The first-order valence-electron chi connectivity index (χ1n) is 19.1. The number of hydrogen-bond donors (Lipinski definition) is 0. The summed E-state index contributed by atoms with van der Waals surface area (Å²) >= 11 is 0. The van der Waals surface area contributed by atoms with Crippen LogP contribution in [0.3, 0.4) is 0 Å². The minimum Gasteiger partial charge on any atom is -0.208 e. The summed E-state index contributed by atoms with van der Waals surface area (Å²) in [5, 5.41) is 2.33. The van der Waals surface area contributed by atoms with Gasteiger partial charge in [0.2, 0.25) is 5.82 Å². The second-order valence-electron chi connectivity index (χ2n) is 15.8. The Balaban J connectivity index is 1.09. The number of hydrogen-bond acceptors (Lipinski definition) is 3. The topological polar surface area (TPSA) is 38.7 Å². The average molecular weight is 716 g/mol. The second-order valence-corrected chi connectivity index (χ2v) is 15.8. The Morgan fingerprint density at radius 3 is 1.61 bits per heavy atom. The third kappa shape index (κ3) is 5.44. The van der Waals surface area contributed by atoms with Crippen LogP contribution in [-0.2, 0) is 10.8 Å². The van der Waals surface area contributed by atoms with E-state index in [0.717, 1.165) is 33.2 Å². The van der Waals surface area contributed by atoms with Gasteiger partial charge in [-0.05, 0) is 104 Å². The molecule has 0 saturated carbocycles. The highest BCUT2D eigenvalue weighted by atomic mass is 15.0. The molecule has 0 unspecified atom stereocenters. The molecule has 0 spiro atoms. The Labute approximate surface area is 328 Å². The molecule has 3 nitrogen and oxygen atoms in total. The Hall–Kier alpha value is -7.07. The molecule has 3 heteroatoms. The molecule has 0 aliphatic heterocycles. The lowest BCUT2D eigenvalue weighted by Crippen LogP contribution is -2.17. The maximum atomic E-state index is 4.85. The number of fused-ring (bicyclic) bond motifs is 8. The highest BCUT2D eigenvalue weighted by molar-refractivity contribution is 6.06. The lowest BCUT2D eigenvalue weighted by Gasteiger charge is -2.24. The zero-order chi connectivity index (χ0) is 38.0. The SMILES string of the molecule is CC1(C)c2cc(C#Cc3ccccc3)ccc2-c2cc3c(cc21)-c1c(cc(C#Cc2nc(-c4ccccc4)nc(-c4ccccc4)n2)c2ccccc12)C3(C)C. The maximum Gasteiger partial charge on any atom is 0.209 e. The van der Waals surface area contributed by atoms with Gasteiger partial charge < -0.3 is 0 Å². The Morgan fingerprint density at radius 2 is 0.929 bits per heavy atom. The zero-order valence-corrected chi connectivity index (χ0v) is 31.8. The van der Waals surface area contributed by atoms with Crippen molar-refractivity contribution in [3.05, 3.63) is 196 Å². The van der Waals surface area contributed by atoms with Crippen LogP contribution in [0.1, 0.15) is 72.5 Å². The molecule has 56 heavy (non-hydrogen) atoms. The minimum absolute atomic E-state index is 0.181. The van der Waals surface area contributed by atoms with Gasteiger partial charge in [-0.15, -0.1) is 0 Å². The first kappa shape index (κ1) is 33.5. The average Bonchev–Trinajstić information content (AvgIpc) is 3.60. The highest BCUT2D eigenvalue weighted by Crippen LogP contribution is 2.57. The zero-order valence-electron chi connectivity index (χ0n) is 31.8. The molecule has 8 aromatic rings. The predicted octanol–water partition coefficient (Wildman–Crippen LogP) is 11.8. The van der Waals surface area contributed by atoms with Crippen LogP contribution in [0, 0.1) is 23.7 Å². The molecule has 0 radical (unpaired) electrons. The van der Waals surface area contributed by atoms with Gasteiger partial charge in [-0.25, -0.2) is 15.0 Å². The van der Waals surface area contributed by atoms with Gasteiger partial charge in [0.05, 0.1) is 0 Å². The molecule has 2 aliphatic carbocycles. The molecule has 0 N–H and O–H groups in total. The summed E-state index contributed by atoms with van der Waals surface area (Å²) in [7, 11) is 0. The van der Waals surface area contributed by atoms with Crippen LogP contribution in [0.15, 0.2) is 152 Å². The molecule has 1 aromatic heterocycles. The number of nitrogens with zero attached hydrogens (tertiary/aromatic N) is 3. The van der Waals surface area contributed by atoms with Crippen LogP contribution in [0.5, 0.6) is 0 Å². The monoisotopic (exact) mass is 715 g/mol. The van der Waals surface area contributed by atoms with Gasteiger partial charge in [-0.2, -0.15) is 0 Å². The van der Waals surface area contributed by atoms with E-state index in [4.69, 9.17) is 15.0 Å². The van der Waals surface area contributed by atoms with E-state index in [0.29, 0.717) is 17.5 Å². The Bertz CT molecular complexity index is 2950. The molecule has 264 valence electrons. The summed E-state index contributed by atoms with van der Waals surface area (Å²) in [6.45, 7) is 9.40. The molecule has 0 fully saturated rings. The normalized spacial score (nSPS) is 13.7. The molecule has 0 saturated heterocycles. The van der Waals surface area contributed by atoms with Crippen molar-refractivity contribution >= 4 is 10.8 Å². The van der Waals surface area contributed by atoms with Crippen LogP contribution >= 0.6 is 0 Å². The third-order valence-electron chi connectivity index (χ3n) is 11.6. The molecule has 2 aliphatic rings. The molecule has 0 amide bonds. The molecule has 0 bridgehead atoms. The summed E-state index contributed by atoms with van der Waals surface area (Å²) in [5.41, 5.74) is 15.0. The lowest BCUT2D eigenvalue weighted by atomic mass is 9.79. The number of aromatic nitrogens is 3. The van der Waals surface area contributed by atoms with E-state index in [1.165, 1.54) is 49.9 Å². The molecule has 7 aromatic carbocycles. The van der Waals surface area contributed by atoms with Crippen molar-refractivity contribution in [2.24, 2.45) is 0 Å². The largest absolute Gasteiger partial charge is 0.209 e. The van der Waals surface area contributed by atoms with Crippen LogP contribution in [0.25, 0.3) is 55.8 Å². The van der Waals surface area contributed by atoms with Gasteiger partial charge in [-0.1, -0.05) is 155 Å². The van der Waals surface area contributed by atoms with Crippen LogP contribution in [0.2, 0.25) is 0 Å². The molecule has 1 heterocycles. The summed E-state index contributed by atoms with van der Waals surface area (Å²) in [6.07, 6.45) is 0. The van der Waals surface area contributed by atoms with E-state index in [1.807, 2.05) is 78.9 Å². The molecular formula is C53H37N3. The fourth-order valence-corrected chi connectivity index (χ4v) is 8.64. The second kappa shape index (κ2) is 12.8. The van der Waals surface area contributed by atoms with Crippen LogP contribution < -0.4 is 0 Å². The fourth-order valence-electron chi connectivity index (χ4n) is 8.64. The fraction of sp³-hybridized carbons (Fsp3) is 0.113. The predicted molar refractivity (Wildman–Crippen MR) is 228 cm³/mol. The van der Waals surface area contributed by atoms with E-state index in [2.05, 4.69) is 124 Å². The van der Waals surface area contributed by atoms with Gasteiger partial charge in [0.1, 0.15) is 0 Å². The van der Waals surface area contributed by atoms with Crippen LogP contribution in [0.4, 0.5) is 0 Å². The Morgan fingerprint density at radius 1 is 0.393 bits per heavy atom. The van der Waals surface area contributed by atoms with Gasteiger partial charge in [0.25, 0.3) is 0 Å². The van der Waals surface area contributed by atoms with Crippen molar-refractivity contribution in [1.82, 2.24) is 15.0 Å². The smallest absolute Gasteiger partial charge is 0.208 e. The highest BCUT2D eigenvalue weighted by Gasteiger charge is 2.42. The van der Waals surface area contributed by atoms with E-state index in [1.54, 1.807) is 0 Å². The first-order chi connectivity index (χ1) is 27.3. The standard InChI is InChI=1S/C53H37N3/c1-52(2)44-30-35(25-24-34-16-8-5-9-17-34)26-28-40(44)42-32-46-43(33-45(42)52)49-41-23-15-14-22-39(41)38(31-47(49)53(46,3)4)27-29-48-54-50(36-18-10-6-11-19-36)56-51(55-48)37-20-12-7-13-21-37/h5-23,26,28,30-33H,1-4H3. The third-order valence-corrected chi connectivity index (χ3v) is 11.6. The maximum absolute atomic E-state index is 4.85. The summed E-state index contributed by atoms with van der Waals surface area (Å²) in [4.78, 5) is 14.5. The quantitative estimate of drug-likeness (QED) is 0.167. The van der Waals surface area contributed by atoms with Crippen molar-refractivity contribution in [3.63, 3.8) is 0 Å². The lowest BCUT2D eigenvalue weighted by molar-refractivity contribution is 0.652. The van der Waals surface area contributed by atoms with Gasteiger partial charge in [-0.3, -0.25) is 0 Å². The van der Waals surface area contributed by atoms with E-state index < -0.39 is 0 Å². The van der Waals surface area contributed by atoms with Crippen molar-refractivity contribution in [2.75, 3.05) is 0 Å². The van der Waals surface area contributed by atoms with E-state index >= 15 is 0 Å². The van der Waals surface area contributed by atoms with E-state index in [9.17, 15) is 0 Å². The van der Waals surface area contributed by atoms with E-state index in [-0.39, 0.29) is 10.8 Å². The van der Waals surface area contributed by atoms with Crippen molar-refractivity contribution in [2.45, 2.75) is 38.5 Å². The molecular weight excluding hydrogens is 679 g/mol. The number of rotatable bonds is 2. The Kier molecular flexibility index (Phi) is 7.64. The van der Waals surface area contributed by atoms with Gasteiger partial charge in [0, 0.05) is 38.6 Å². The molecule has 10 rings (SSSR count). The van der Waals surface area contributed by atoms with Gasteiger partial charge in [0.15, 0.2) is 11.6 Å². The minimum atomic E-state index is -0.248. The summed E-state index contributed by atoms with van der Waals surface area (Å²) < 4.78 is 0. The summed E-state index contributed by atoms with van der Waals surface area (Å²) in [5.74, 6) is 15.3. The van der Waals surface area contributed by atoms with Crippen molar-refractivity contribution in [1.29, 1.82) is 0 Å². The first-order valence-corrected chi connectivity index (χ1v) is 19.1. The van der Waals surface area contributed by atoms with Crippen LogP contribution in [-0.4, -0.2) is 15.0 Å². The van der Waals surface area contributed by atoms with Gasteiger partial charge >= 0.3 is 0 Å².